The van der Waals surface area contributed by atoms with Crippen LogP contribution in [0, 0.1) is 0 Å². The Morgan fingerprint density at radius 3 is 2.62 bits per heavy atom. The Bertz CT molecular complexity index is 738. The summed E-state index contributed by atoms with van der Waals surface area (Å²) in [6.07, 6.45) is 4.05. The Hall–Kier alpha value is -2.44. The average Bonchev–Trinajstić information content (AvgIpc) is 3.22. The fourth-order valence-corrected chi connectivity index (χ4v) is 3.28. The molecule has 0 atom stereocenters. The first kappa shape index (κ1) is 15.1. The number of benzene rings is 1. The zero-order chi connectivity index (χ0) is 16.5. The van der Waals surface area contributed by atoms with Gasteiger partial charge >= 0.3 is 0 Å². The van der Waals surface area contributed by atoms with Gasteiger partial charge in [0.2, 0.25) is 11.9 Å². The predicted octanol–water partition coefficient (Wildman–Crippen LogP) is 1.44. The van der Waals surface area contributed by atoms with Crippen LogP contribution in [-0.2, 0) is 17.9 Å². The number of amides is 1. The smallest absolute Gasteiger partial charge is 0.245 e. The van der Waals surface area contributed by atoms with Crippen LogP contribution in [-0.4, -0.2) is 50.6 Å². The van der Waals surface area contributed by atoms with Crippen LogP contribution in [0.25, 0.3) is 0 Å². The van der Waals surface area contributed by atoms with Gasteiger partial charge in [0.15, 0.2) is 0 Å². The van der Waals surface area contributed by atoms with E-state index in [2.05, 4.69) is 39.6 Å². The van der Waals surface area contributed by atoms with Crippen LogP contribution >= 0.6 is 0 Å². The fourth-order valence-electron chi connectivity index (χ4n) is 3.28. The SMILES string of the molecule is CN(c1nnnn1Cc1ccccc1CN1CCCC1=O)C1CC1. The van der Waals surface area contributed by atoms with Crippen molar-refractivity contribution in [3.05, 3.63) is 35.4 Å². The Morgan fingerprint density at radius 1 is 1.21 bits per heavy atom. The summed E-state index contributed by atoms with van der Waals surface area (Å²) >= 11 is 0. The summed E-state index contributed by atoms with van der Waals surface area (Å²) in [5.41, 5.74) is 2.33. The lowest BCUT2D eigenvalue weighted by molar-refractivity contribution is -0.128. The van der Waals surface area contributed by atoms with Crippen molar-refractivity contribution in [2.45, 2.75) is 44.8 Å². The third-order valence-electron chi connectivity index (χ3n) is 4.89. The Kier molecular flexibility index (Phi) is 3.92. The maximum absolute atomic E-state index is 11.9. The molecule has 1 aromatic carbocycles. The highest BCUT2D eigenvalue weighted by molar-refractivity contribution is 5.78. The van der Waals surface area contributed by atoms with Gasteiger partial charge in [0.25, 0.3) is 0 Å². The number of anilines is 1. The topological polar surface area (TPSA) is 67.2 Å². The number of aromatic nitrogens is 4. The molecule has 2 aromatic rings. The highest BCUT2D eigenvalue weighted by atomic mass is 16.2. The number of hydrogen-bond acceptors (Lipinski definition) is 5. The van der Waals surface area contributed by atoms with Gasteiger partial charge in [0.05, 0.1) is 6.54 Å². The van der Waals surface area contributed by atoms with Gasteiger partial charge in [-0.15, -0.1) is 0 Å². The first-order chi connectivity index (χ1) is 11.7. The lowest BCUT2D eigenvalue weighted by atomic mass is 10.1. The van der Waals surface area contributed by atoms with Gasteiger partial charge < -0.3 is 9.80 Å². The largest absolute Gasteiger partial charge is 0.340 e. The van der Waals surface area contributed by atoms with E-state index in [1.807, 2.05) is 21.7 Å². The van der Waals surface area contributed by atoms with E-state index in [-0.39, 0.29) is 5.91 Å². The van der Waals surface area contributed by atoms with Crippen molar-refractivity contribution >= 4 is 11.9 Å². The summed E-state index contributed by atoms with van der Waals surface area (Å²) < 4.78 is 1.85. The standard InChI is InChI=1S/C17H22N6O/c1-21(15-8-9-15)17-18-19-20-23(17)12-14-6-3-2-5-13(14)11-22-10-4-7-16(22)24/h2-3,5-6,15H,4,7-12H2,1H3. The molecule has 1 aliphatic heterocycles. The number of likely N-dealkylation sites (tertiary alicyclic amines) is 1. The number of hydrogen-bond donors (Lipinski definition) is 0. The van der Waals surface area contributed by atoms with Crippen LogP contribution in [0.15, 0.2) is 24.3 Å². The Balaban J connectivity index is 1.55. The summed E-state index contributed by atoms with van der Waals surface area (Å²) in [6, 6.07) is 8.80. The summed E-state index contributed by atoms with van der Waals surface area (Å²) in [7, 11) is 2.05. The molecule has 1 aliphatic carbocycles. The lowest BCUT2D eigenvalue weighted by Gasteiger charge is -2.20. The molecule has 0 N–H and O–H groups in total. The molecular formula is C17H22N6O. The van der Waals surface area contributed by atoms with E-state index in [0.717, 1.165) is 24.5 Å². The van der Waals surface area contributed by atoms with Crippen LogP contribution < -0.4 is 4.90 Å². The number of nitrogens with zero attached hydrogens (tertiary/aromatic N) is 6. The summed E-state index contributed by atoms with van der Waals surface area (Å²) in [5.74, 6) is 1.06. The molecule has 0 unspecified atom stereocenters. The van der Waals surface area contributed by atoms with Crippen molar-refractivity contribution in [3.63, 3.8) is 0 Å². The van der Waals surface area contributed by atoms with Crippen LogP contribution in [0.3, 0.4) is 0 Å². The summed E-state index contributed by atoms with van der Waals surface area (Å²) in [5, 5.41) is 12.2. The first-order valence-electron chi connectivity index (χ1n) is 8.56. The van der Waals surface area contributed by atoms with Gasteiger partial charge in [-0.05, 0) is 40.8 Å². The van der Waals surface area contributed by atoms with E-state index in [1.54, 1.807) is 0 Å². The monoisotopic (exact) mass is 326 g/mol. The second kappa shape index (κ2) is 6.22. The fraction of sp³-hybridized carbons (Fsp3) is 0.529. The molecule has 2 aliphatic rings. The molecule has 1 aromatic heterocycles. The Morgan fingerprint density at radius 2 is 1.96 bits per heavy atom. The van der Waals surface area contributed by atoms with Gasteiger partial charge in [0, 0.05) is 32.6 Å². The van der Waals surface area contributed by atoms with Crippen LogP contribution in [0.5, 0.6) is 0 Å². The molecule has 7 nitrogen and oxygen atoms in total. The molecule has 2 fully saturated rings. The van der Waals surface area contributed by atoms with E-state index in [9.17, 15) is 4.79 Å². The second-order valence-corrected chi connectivity index (χ2v) is 6.67. The summed E-state index contributed by atoms with van der Waals surface area (Å²) in [4.78, 5) is 16.0. The van der Waals surface area contributed by atoms with E-state index in [0.29, 0.717) is 25.6 Å². The zero-order valence-electron chi connectivity index (χ0n) is 13.9. The van der Waals surface area contributed by atoms with Gasteiger partial charge in [-0.25, -0.2) is 4.68 Å². The number of rotatable bonds is 6. The maximum Gasteiger partial charge on any atom is 0.245 e. The zero-order valence-corrected chi connectivity index (χ0v) is 13.9. The van der Waals surface area contributed by atoms with Crippen molar-refractivity contribution in [2.24, 2.45) is 0 Å². The van der Waals surface area contributed by atoms with Crippen molar-refractivity contribution < 1.29 is 4.79 Å². The molecule has 126 valence electrons. The van der Waals surface area contributed by atoms with Crippen molar-refractivity contribution in [3.8, 4) is 0 Å². The molecule has 2 heterocycles. The van der Waals surface area contributed by atoms with Crippen molar-refractivity contribution in [1.29, 1.82) is 0 Å². The van der Waals surface area contributed by atoms with Gasteiger partial charge in [-0.2, -0.15) is 0 Å². The van der Waals surface area contributed by atoms with Gasteiger partial charge in [0.1, 0.15) is 0 Å². The highest BCUT2D eigenvalue weighted by Gasteiger charge is 2.29. The molecule has 1 saturated heterocycles. The normalized spacial score (nSPS) is 17.5. The van der Waals surface area contributed by atoms with E-state index in [4.69, 9.17) is 0 Å². The molecule has 0 spiro atoms. The third-order valence-corrected chi connectivity index (χ3v) is 4.89. The Labute approximate surface area is 141 Å². The summed E-state index contributed by atoms with van der Waals surface area (Å²) in [6.45, 7) is 2.15. The maximum atomic E-state index is 11.9. The minimum Gasteiger partial charge on any atom is -0.340 e. The lowest BCUT2D eigenvalue weighted by Crippen LogP contribution is -2.26. The average molecular weight is 326 g/mol. The second-order valence-electron chi connectivity index (χ2n) is 6.67. The minimum absolute atomic E-state index is 0.251. The predicted molar refractivity (Wildman–Crippen MR) is 89.4 cm³/mol. The van der Waals surface area contributed by atoms with E-state index < -0.39 is 0 Å². The van der Waals surface area contributed by atoms with Gasteiger partial charge in [-0.1, -0.05) is 29.4 Å². The molecule has 7 heteroatoms. The molecular weight excluding hydrogens is 304 g/mol. The van der Waals surface area contributed by atoms with Crippen molar-refractivity contribution in [2.75, 3.05) is 18.5 Å². The number of carbonyl (C=O) groups excluding carboxylic acids is 1. The van der Waals surface area contributed by atoms with E-state index in [1.165, 1.54) is 18.4 Å². The molecule has 0 radical (unpaired) electrons. The number of tetrazole rings is 1. The molecule has 1 saturated carbocycles. The molecule has 1 amide bonds. The minimum atomic E-state index is 0.251. The molecule has 0 bridgehead atoms. The van der Waals surface area contributed by atoms with Crippen molar-refractivity contribution in [1.82, 2.24) is 25.1 Å². The highest BCUT2D eigenvalue weighted by Crippen LogP contribution is 2.29. The number of carbonyl (C=O) groups is 1. The quantitative estimate of drug-likeness (QED) is 0.803. The van der Waals surface area contributed by atoms with Crippen LogP contribution in [0.2, 0.25) is 0 Å². The van der Waals surface area contributed by atoms with Crippen LogP contribution in [0.4, 0.5) is 5.95 Å². The van der Waals surface area contributed by atoms with Crippen LogP contribution in [0.1, 0.15) is 36.8 Å². The molecule has 4 rings (SSSR count). The van der Waals surface area contributed by atoms with E-state index >= 15 is 0 Å². The molecule has 24 heavy (non-hydrogen) atoms. The third kappa shape index (κ3) is 2.98. The van der Waals surface area contributed by atoms with Gasteiger partial charge in [-0.3, -0.25) is 4.79 Å². The first-order valence-corrected chi connectivity index (χ1v) is 8.56.